The largest absolute Gasteiger partial charge is 0.355 e. The first-order valence-corrected chi connectivity index (χ1v) is 8.84. The summed E-state index contributed by atoms with van der Waals surface area (Å²) in [5.74, 6) is -2.33. The van der Waals surface area contributed by atoms with Gasteiger partial charge in [-0.05, 0) is 42.3 Å². The molecule has 5 heteroatoms. The second-order valence-electron chi connectivity index (χ2n) is 7.68. The number of aromatic nitrogens is 1. The molecule has 3 aromatic rings. The van der Waals surface area contributed by atoms with Gasteiger partial charge in [-0.15, -0.1) is 0 Å². The summed E-state index contributed by atoms with van der Waals surface area (Å²) in [6.07, 6.45) is 1.78. The maximum absolute atomic E-state index is 13.6. The quantitative estimate of drug-likeness (QED) is 0.628. The summed E-state index contributed by atoms with van der Waals surface area (Å²) in [6, 6.07) is 11.4. The zero-order valence-electron chi connectivity index (χ0n) is 15.4. The molecule has 0 radical (unpaired) electrons. The Kier molecular flexibility index (Phi) is 3.91. The Hall–Kier alpha value is -2.95. The third-order valence-electron chi connectivity index (χ3n) is 5.12. The molecule has 0 aliphatic carbocycles. The number of amides is 1. The van der Waals surface area contributed by atoms with Crippen LogP contribution in [0.5, 0.6) is 0 Å². The number of fused-ring (bicyclic) bond motifs is 3. The van der Waals surface area contributed by atoms with Gasteiger partial charge in [-0.3, -0.25) is 4.79 Å². The number of H-pyrrole nitrogens is 1. The van der Waals surface area contributed by atoms with E-state index < -0.39 is 11.6 Å². The van der Waals surface area contributed by atoms with Gasteiger partial charge in [0.25, 0.3) is 5.91 Å². The van der Waals surface area contributed by atoms with Crippen LogP contribution in [0.2, 0.25) is 0 Å². The minimum Gasteiger partial charge on any atom is -0.355 e. The van der Waals surface area contributed by atoms with Gasteiger partial charge in [0.15, 0.2) is 11.6 Å². The van der Waals surface area contributed by atoms with Crippen LogP contribution in [0.25, 0.3) is 16.5 Å². The van der Waals surface area contributed by atoms with Gasteiger partial charge in [-0.25, -0.2) is 8.78 Å². The van der Waals surface area contributed by atoms with E-state index in [9.17, 15) is 13.6 Å². The molecule has 0 unspecified atom stereocenters. The first kappa shape index (κ1) is 17.5. The van der Waals surface area contributed by atoms with Crippen LogP contribution in [-0.2, 0) is 5.41 Å². The number of carbonyl (C=O) groups is 1. The molecule has 138 valence electrons. The second-order valence-corrected chi connectivity index (χ2v) is 7.68. The Balaban J connectivity index is 1.81. The van der Waals surface area contributed by atoms with Crippen molar-refractivity contribution in [1.29, 1.82) is 0 Å². The van der Waals surface area contributed by atoms with Crippen molar-refractivity contribution in [3.05, 3.63) is 77.1 Å². The Morgan fingerprint density at radius 3 is 2.59 bits per heavy atom. The maximum atomic E-state index is 13.6. The number of hydrogen-bond donors (Lipinski definition) is 1. The Bertz CT molecular complexity index is 1090. The van der Waals surface area contributed by atoms with Gasteiger partial charge in [0.05, 0.1) is 0 Å². The van der Waals surface area contributed by atoms with Crippen LogP contribution in [0, 0.1) is 11.6 Å². The van der Waals surface area contributed by atoms with Crippen LogP contribution >= 0.6 is 0 Å². The molecule has 1 aliphatic rings. The van der Waals surface area contributed by atoms with Crippen LogP contribution in [-0.4, -0.2) is 22.3 Å². The average molecular weight is 366 g/mol. The number of benzene rings is 2. The number of allylic oxidation sites excluding steroid dienone is 1. The smallest absolute Gasteiger partial charge is 0.257 e. The molecule has 1 aliphatic heterocycles. The highest BCUT2D eigenvalue weighted by molar-refractivity contribution is 5.97. The van der Waals surface area contributed by atoms with E-state index in [-0.39, 0.29) is 16.9 Å². The van der Waals surface area contributed by atoms with Crippen molar-refractivity contribution < 1.29 is 13.6 Å². The van der Waals surface area contributed by atoms with E-state index in [1.54, 1.807) is 11.1 Å². The minimum atomic E-state index is -1.02. The summed E-state index contributed by atoms with van der Waals surface area (Å²) < 4.78 is 26.8. The zero-order valence-corrected chi connectivity index (χ0v) is 15.4. The van der Waals surface area contributed by atoms with Crippen LogP contribution in [0.15, 0.2) is 48.7 Å². The molecule has 4 rings (SSSR count). The summed E-state index contributed by atoms with van der Waals surface area (Å²) in [6.45, 7) is 6.55. The van der Waals surface area contributed by atoms with E-state index in [2.05, 4.69) is 24.9 Å². The highest BCUT2D eigenvalue weighted by Gasteiger charge is 2.34. The van der Waals surface area contributed by atoms with Gasteiger partial charge in [0.1, 0.15) is 0 Å². The number of rotatable bonds is 1. The monoisotopic (exact) mass is 366 g/mol. The lowest BCUT2D eigenvalue weighted by Gasteiger charge is -2.29. The number of carbonyl (C=O) groups excluding carboxylic acids is 1. The number of halogens is 2. The summed E-state index contributed by atoms with van der Waals surface area (Å²) >= 11 is 0. The first-order chi connectivity index (χ1) is 12.8. The van der Waals surface area contributed by atoms with Gasteiger partial charge >= 0.3 is 0 Å². The Morgan fingerprint density at radius 1 is 1.11 bits per heavy atom. The van der Waals surface area contributed by atoms with Crippen molar-refractivity contribution in [2.24, 2.45) is 0 Å². The third kappa shape index (κ3) is 2.83. The van der Waals surface area contributed by atoms with Crippen molar-refractivity contribution in [1.82, 2.24) is 9.88 Å². The molecule has 0 atom stereocenters. The Labute approximate surface area is 156 Å². The number of aromatic amines is 1. The summed E-state index contributed by atoms with van der Waals surface area (Å²) in [7, 11) is 0. The van der Waals surface area contributed by atoms with Crippen molar-refractivity contribution >= 4 is 22.4 Å². The fourth-order valence-electron chi connectivity index (χ4n) is 3.91. The molecule has 0 bridgehead atoms. The Morgan fingerprint density at radius 2 is 1.85 bits per heavy atom. The van der Waals surface area contributed by atoms with Crippen molar-refractivity contribution in [2.75, 3.05) is 6.54 Å². The molecule has 0 saturated carbocycles. The van der Waals surface area contributed by atoms with Crippen molar-refractivity contribution in [3.63, 3.8) is 0 Å². The van der Waals surface area contributed by atoms with E-state index in [0.717, 1.165) is 39.9 Å². The van der Waals surface area contributed by atoms with E-state index in [1.165, 1.54) is 6.07 Å². The fraction of sp³-hybridized carbons (Fsp3) is 0.227. The van der Waals surface area contributed by atoms with Gasteiger partial charge < -0.3 is 9.88 Å². The van der Waals surface area contributed by atoms with Crippen molar-refractivity contribution in [2.45, 2.75) is 26.2 Å². The standard InChI is InChI=1S/C22H20F2N2O/c1-13-11-26(21(27)14-8-9-16(23)17(24)10-14)12-22(2,3)19-15-6-4-5-7-18(15)25-20(13)19/h4-11,25H,12H2,1-3H3. The number of hydrogen-bond acceptors (Lipinski definition) is 1. The molecule has 0 spiro atoms. The zero-order chi connectivity index (χ0) is 19.3. The van der Waals surface area contributed by atoms with Gasteiger partial charge in [0, 0.05) is 40.3 Å². The lowest BCUT2D eigenvalue weighted by molar-refractivity contribution is 0.0800. The molecular weight excluding hydrogens is 346 g/mol. The fourth-order valence-corrected chi connectivity index (χ4v) is 3.91. The molecule has 2 heterocycles. The van der Waals surface area contributed by atoms with Crippen LogP contribution in [0.4, 0.5) is 8.78 Å². The molecule has 0 saturated heterocycles. The SMILES string of the molecule is CC1=CN(C(=O)c2ccc(F)c(F)c2)CC(C)(C)c2c1[nH]c1ccccc21. The highest BCUT2D eigenvalue weighted by atomic mass is 19.2. The molecule has 1 aromatic heterocycles. The maximum Gasteiger partial charge on any atom is 0.257 e. The predicted molar refractivity (Wildman–Crippen MR) is 102 cm³/mol. The minimum absolute atomic E-state index is 0.129. The van der Waals surface area contributed by atoms with Crippen LogP contribution in [0.3, 0.4) is 0 Å². The normalized spacial score (nSPS) is 16.0. The second kappa shape index (κ2) is 6.05. The summed E-state index contributed by atoms with van der Waals surface area (Å²) in [5, 5.41) is 1.13. The summed E-state index contributed by atoms with van der Waals surface area (Å²) in [5.41, 5.74) is 3.93. The number of para-hydroxylation sites is 1. The van der Waals surface area contributed by atoms with Crippen molar-refractivity contribution in [3.8, 4) is 0 Å². The molecular formula is C22H20F2N2O. The molecule has 3 nitrogen and oxygen atoms in total. The average Bonchev–Trinajstić information content (AvgIpc) is 2.99. The van der Waals surface area contributed by atoms with Crippen LogP contribution < -0.4 is 0 Å². The number of nitrogens with one attached hydrogen (secondary N) is 1. The predicted octanol–water partition coefficient (Wildman–Crippen LogP) is 5.24. The van der Waals surface area contributed by atoms with Crippen LogP contribution in [0.1, 0.15) is 42.4 Å². The van der Waals surface area contributed by atoms with Gasteiger partial charge in [-0.1, -0.05) is 32.0 Å². The molecule has 2 aromatic carbocycles. The summed E-state index contributed by atoms with van der Waals surface area (Å²) in [4.78, 5) is 18.0. The van der Waals surface area contributed by atoms with Gasteiger partial charge in [0.2, 0.25) is 0 Å². The highest BCUT2D eigenvalue weighted by Crippen LogP contribution is 2.39. The topological polar surface area (TPSA) is 36.1 Å². The van der Waals surface area contributed by atoms with E-state index >= 15 is 0 Å². The number of nitrogens with zero attached hydrogens (tertiary/aromatic N) is 1. The molecule has 1 N–H and O–H groups in total. The molecule has 1 amide bonds. The van der Waals surface area contributed by atoms with E-state index in [0.29, 0.717) is 6.54 Å². The first-order valence-electron chi connectivity index (χ1n) is 8.84. The lowest BCUT2D eigenvalue weighted by atomic mass is 9.82. The molecule has 27 heavy (non-hydrogen) atoms. The van der Waals surface area contributed by atoms with E-state index in [1.807, 2.05) is 25.1 Å². The van der Waals surface area contributed by atoms with Gasteiger partial charge in [-0.2, -0.15) is 0 Å². The van der Waals surface area contributed by atoms with E-state index in [4.69, 9.17) is 0 Å². The molecule has 0 fully saturated rings. The lowest BCUT2D eigenvalue weighted by Crippen LogP contribution is -2.37. The third-order valence-corrected chi connectivity index (χ3v) is 5.12.